The van der Waals surface area contributed by atoms with Crippen molar-refractivity contribution in [3.05, 3.63) is 0 Å². The van der Waals surface area contributed by atoms with Gasteiger partial charge in [-0.15, -0.1) is 0 Å². The summed E-state index contributed by atoms with van der Waals surface area (Å²) in [6.07, 6.45) is 0.927. The molecule has 0 rings (SSSR count). The lowest BCUT2D eigenvalue weighted by molar-refractivity contribution is -0.148. The Hall–Kier alpha value is -0.610. The summed E-state index contributed by atoms with van der Waals surface area (Å²) in [6.45, 7) is 5.67. The monoisotopic (exact) mass is 203 g/mol. The molecule has 0 spiro atoms. The van der Waals surface area contributed by atoms with Gasteiger partial charge in [0.15, 0.2) is 0 Å². The maximum Gasteiger partial charge on any atom is 0.323 e. The number of hydrogen-bond donors (Lipinski definition) is 0. The molecule has 0 aromatic rings. The van der Waals surface area contributed by atoms with Crippen molar-refractivity contribution in [3.63, 3.8) is 0 Å². The number of likely N-dealkylation sites (N-methyl/N-ethyl adjacent to an activating group) is 1. The van der Waals surface area contributed by atoms with Crippen molar-refractivity contribution in [1.82, 2.24) is 4.90 Å². The molecule has 1 atom stereocenters. The van der Waals surface area contributed by atoms with E-state index in [0.717, 1.165) is 19.6 Å². The third-order valence-electron chi connectivity index (χ3n) is 2.15. The van der Waals surface area contributed by atoms with Gasteiger partial charge in [-0.05, 0) is 27.3 Å². The Labute approximate surface area is 86.2 Å². The number of ether oxygens (including phenoxy) is 2. The van der Waals surface area contributed by atoms with Crippen molar-refractivity contribution in [3.8, 4) is 0 Å². The van der Waals surface area contributed by atoms with Gasteiger partial charge >= 0.3 is 5.97 Å². The van der Waals surface area contributed by atoms with E-state index in [-0.39, 0.29) is 12.0 Å². The second-order valence-corrected chi connectivity index (χ2v) is 3.25. The molecule has 4 heteroatoms. The van der Waals surface area contributed by atoms with Gasteiger partial charge in [0.1, 0.15) is 6.04 Å². The summed E-state index contributed by atoms with van der Waals surface area (Å²) < 4.78 is 9.86. The van der Waals surface area contributed by atoms with Crippen LogP contribution in [0.15, 0.2) is 0 Å². The average molecular weight is 203 g/mol. The van der Waals surface area contributed by atoms with Crippen LogP contribution in [0.4, 0.5) is 0 Å². The maximum absolute atomic E-state index is 11.3. The predicted molar refractivity (Wildman–Crippen MR) is 55.2 cm³/mol. The molecule has 0 aliphatic rings. The van der Waals surface area contributed by atoms with Crippen molar-refractivity contribution in [1.29, 1.82) is 0 Å². The van der Waals surface area contributed by atoms with Gasteiger partial charge in [0.05, 0.1) is 6.61 Å². The number of methoxy groups -OCH3 is 1. The molecular formula is C10H21NO3. The van der Waals surface area contributed by atoms with Crippen LogP contribution in [-0.2, 0) is 14.3 Å². The smallest absolute Gasteiger partial charge is 0.323 e. The Kier molecular flexibility index (Phi) is 7.42. The minimum Gasteiger partial charge on any atom is -0.465 e. The summed E-state index contributed by atoms with van der Waals surface area (Å²) in [5.74, 6) is -0.160. The third kappa shape index (κ3) is 5.19. The third-order valence-corrected chi connectivity index (χ3v) is 2.15. The molecule has 84 valence electrons. The molecule has 14 heavy (non-hydrogen) atoms. The zero-order valence-electron chi connectivity index (χ0n) is 9.58. The average Bonchev–Trinajstić information content (AvgIpc) is 2.17. The van der Waals surface area contributed by atoms with E-state index in [1.165, 1.54) is 0 Å². The lowest BCUT2D eigenvalue weighted by Crippen LogP contribution is -2.38. The Morgan fingerprint density at radius 2 is 2.14 bits per heavy atom. The molecule has 0 bridgehead atoms. The van der Waals surface area contributed by atoms with Crippen LogP contribution in [0.2, 0.25) is 0 Å². The molecule has 1 unspecified atom stereocenters. The van der Waals surface area contributed by atoms with Gasteiger partial charge in [-0.25, -0.2) is 0 Å². The first-order valence-corrected chi connectivity index (χ1v) is 4.99. The fourth-order valence-corrected chi connectivity index (χ4v) is 1.09. The van der Waals surface area contributed by atoms with Crippen LogP contribution in [-0.4, -0.2) is 50.8 Å². The number of hydrogen-bond acceptors (Lipinski definition) is 4. The molecule has 0 aliphatic carbocycles. The second-order valence-electron chi connectivity index (χ2n) is 3.25. The molecule has 0 heterocycles. The zero-order valence-corrected chi connectivity index (χ0v) is 9.58. The molecule has 0 aromatic heterocycles. The minimum absolute atomic E-state index is 0.160. The van der Waals surface area contributed by atoms with E-state index in [2.05, 4.69) is 0 Å². The molecule has 0 amide bonds. The summed E-state index contributed by atoms with van der Waals surface area (Å²) in [6, 6.07) is -0.174. The van der Waals surface area contributed by atoms with Crippen molar-refractivity contribution < 1.29 is 14.3 Å². The first-order chi connectivity index (χ1) is 6.63. The normalized spacial score (nSPS) is 12.9. The summed E-state index contributed by atoms with van der Waals surface area (Å²) in [4.78, 5) is 13.3. The quantitative estimate of drug-likeness (QED) is 0.455. The van der Waals surface area contributed by atoms with E-state index >= 15 is 0 Å². The highest BCUT2D eigenvalue weighted by atomic mass is 16.5. The lowest BCUT2D eigenvalue weighted by atomic mass is 10.3. The van der Waals surface area contributed by atoms with Crippen LogP contribution in [0.5, 0.6) is 0 Å². The molecule has 0 aromatic carbocycles. The van der Waals surface area contributed by atoms with E-state index in [9.17, 15) is 4.79 Å². The molecular weight excluding hydrogens is 182 g/mol. The van der Waals surface area contributed by atoms with Gasteiger partial charge < -0.3 is 9.47 Å². The largest absolute Gasteiger partial charge is 0.465 e. The van der Waals surface area contributed by atoms with Crippen molar-refractivity contribution in [2.75, 3.05) is 33.9 Å². The van der Waals surface area contributed by atoms with Crippen LogP contribution in [0.3, 0.4) is 0 Å². The van der Waals surface area contributed by atoms with Crippen LogP contribution < -0.4 is 0 Å². The number of rotatable bonds is 7. The van der Waals surface area contributed by atoms with E-state index in [0.29, 0.717) is 6.61 Å². The SMILES string of the molecule is CCOC(=O)C(C)N(C)CCCOC. The fourth-order valence-electron chi connectivity index (χ4n) is 1.09. The first-order valence-electron chi connectivity index (χ1n) is 4.99. The molecule has 0 N–H and O–H groups in total. The summed E-state index contributed by atoms with van der Waals surface area (Å²) in [7, 11) is 3.59. The lowest BCUT2D eigenvalue weighted by Gasteiger charge is -2.22. The fraction of sp³-hybridized carbons (Fsp3) is 0.900. The van der Waals surface area contributed by atoms with Gasteiger partial charge in [0.2, 0.25) is 0 Å². The van der Waals surface area contributed by atoms with Crippen molar-refractivity contribution >= 4 is 5.97 Å². The second kappa shape index (κ2) is 7.76. The zero-order chi connectivity index (χ0) is 11.0. The molecule has 4 nitrogen and oxygen atoms in total. The Morgan fingerprint density at radius 1 is 1.50 bits per heavy atom. The van der Waals surface area contributed by atoms with Crippen LogP contribution in [0.1, 0.15) is 20.3 Å². The highest BCUT2D eigenvalue weighted by Crippen LogP contribution is 1.99. The van der Waals surface area contributed by atoms with Gasteiger partial charge in [0.25, 0.3) is 0 Å². The highest BCUT2D eigenvalue weighted by Gasteiger charge is 2.18. The standard InChI is InChI=1S/C10H21NO3/c1-5-14-10(12)9(2)11(3)7-6-8-13-4/h9H,5-8H2,1-4H3. The molecule has 0 saturated heterocycles. The number of esters is 1. The Balaban J connectivity index is 3.74. The Morgan fingerprint density at radius 3 is 2.64 bits per heavy atom. The number of carbonyl (C=O) groups is 1. The molecule has 0 aliphatic heterocycles. The van der Waals surface area contributed by atoms with Crippen molar-refractivity contribution in [2.24, 2.45) is 0 Å². The first kappa shape index (κ1) is 13.4. The van der Waals surface area contributed by atoms with Gasteiger partial charge in [-0.1, -0.05) is 0 Å². The summed E-state index contributed by atoms with van der Waals surface area (Å²) in [5.41, 5.74) is 0. The van der Waals surface area contributed by atoms with E-state index in [1.54, 1.807) is 7.11 Å². The van der Waals surface area contributed by atoms with Crippen molar-refractivity contribution in [2.45, 2.75) is 26.3 Å². The van der Waals surface area contributed by atoms with Gasteiger partial charge in [0, 0.05) is 20.3 Å². The van der Waals surface area contributed by atoms with Crippen LogP contribution >= 0.6 is 0 Å². The van der Waals surface area contributed by atoms with Gasteiger partial charge in [-0.2, -0.15) is 0 Å². The van der Waals surface area contributed by atoms with Crippen LogP contribution in [0, 0.1) is 0 Å². The number of nitrogens with zero attached hydrogens (tertiary/aromatic N) is 1. The van der Waals surface area contributed by atoms with E-state index in [4.69, 9.17) is 9.47 Å². The van der Waals surface area contributed by atoms with Gasteiger partial charge in [-0.3, -0.25) is 9.69 Å². The highest BCUT2D eigenvalue weighted by molar-refractivity contribution is 5.75. The molecule has 0 saturated carbocycles. The summed E-state index contributed by atoms with van der Waals surface area (Å²) in [5, 5.41) is 0. The number of carbonyl (C=O) groups excluding carboxylic acids is 1. The topological polar surface area (TPSA) is 38.8 Å². The summed E-state index contributed by atoms with van der Waals surface area (Å²) >= 11 is 0. The van der Waals surface area contributed by atoms with E-state index in [1.807, 2.05) is 25.8 Å². The predicted octanol–water partition coefficient (Wildman–Crippen LogP) is 0.906. The van der Waals surface area contributed by atoms with E-state index < -0.39 is 0 Å². The Bertz CT molecular complexity index is 161. The molecule has 0 radical (unpaired) electrons. The van der Waals surface area contributed by atoms with Crippen LogP contribution in [0.25, 0.3) is 0 Å². The molecule has 0 fully saturated rings. The maximum atomic E-state index is 11.3. The minimum atomic E-state index is -0.174.